The SMILES string of the molecule is CC(CN)(NC(=O)COc1ccccc1[N+](=O)[O-])C1CC1. The number of nitrogens with one attached hydrogen (secondary N) is 1. The lowest BCUT2D eigenvalue weighted by Crippen LogP contribution is -2.54. The number of para-hydroxylation sites is 2. The monoisotopic (exact) mass is 293 g/mol. The Hall–Kier alpha value is -2.15. The maximum Gasteiger partial charge on any atom is 0.310 e. The van der Waals surface area contributed by atoms with Gasteiger partial charge >= 0.3 is 5.69 Å². The Kier molecular flexibility index (Phi) is 4.42. The Morgan fingerprint density at radius 1 is 1.52 bits per heavy atom. The zero-order valence-corrected chi connectivity index (χ0v) is 11.9. The van der Waals surface area contributed by atoms with Gasteiger partial charge < -0.3 is 15.8 Å². The average molecular weight is 293 g/mol. The number of benzene rings is 1. The van der Waals surface area contributed by atoms with Crippen LogP contribution in [0.4, 0.5) is 5.69 Å². The number of carbonyl (C=O) groups is 1. The molecule has 1 saturated carbocycles. The first-order chi connectivity index (χ1) is 9.96. The van der Waals surface area contributed by atoms with Gasteiger partial charge in [-0.25, -0.2) is 0 Å². The minimum Gasteiger partial charge on any atom is -0.477 e. The maximum atomic E-state index is 11.9. The van der Waals surface area contributed by atoms with Gasteiger partial charge in [0.25, 0.3) is 5.91 Å². The van der Waals surface area contributed by atoms with E-state index in [0.29, 0.717) is 12.5 Å². The fourth-order valence-electron chi connectivity index (χ4n) is 2.27. The molecule has 1 unspecified atom stereocenters. The van der Waals surface area contributed by atoms with Crippen molar-refractivity contribution in [3.8, 4) is 5.75 Å². The highest BCUT2D eigenvalue weighted by Crippen LogP contribution is 2.38. The topological polar surface area (TPSA) is 107 Å². The average Bonchev–Trinajstić information content (AvgIpc) is 3.30. The van der Waals surface area contributed by atoms with Crippen LogP contribution in [0.25, 0.3) is 0 Å². The van der Waals surface area contributed by atoms with Gasteiger partial charge in [0.1, 0.15) is 0 Å². The molecule has 1 aromatic carbocycles. The van der Waals surface area contributed by atoms with E-state index in [0.717, 1.165) is 12.8 Å². The van der Waals surface area contributed by atoms with Crippen LogP contribution >= 0.6 is 0 Å². The highest BCUT2D eigenvalue weighted by molar-refractivity contribution is 5.78. The normalized spacial score (nSPS) is 16.9. The lowest BCUT2D eigenvalue weighted by atomic mass is 9.96. The van der Waals surface area contributed by atoms with Gasteiger partial charge in [0.15, 0.2) is 12.4 Å². The second-order valence-electron chi connectivity index (χ2n) is 5.46. The van der Waals surface area contributed by atoms with Crippen molar-refractivity contribution < 1.29 is 14.5 Å². The van der Waals surface area contributed by atoms with Gasteiger partial charge in [-0.1, -0.05) is 12.1 Å². The number of carbonyl (C=O) groups excluding carboxylic acids is 1. The van der Waals surface area contributed by atoms with E-state index in [1.807, 2.05) is 6.92 Å². The highest BCUT2D eigenvalue weighted by Gasteiger charge is 2.41. The molecule has 1 atom stereocenters. The van der Waals surface area contributed by atoms with Crippen LogP contribution in [-0.4, -0.2) is 29.5 Å². The van der Waals surface area contributed by atoms with Crippen molar-refractivity contribution in [3.63, 3.8) is 0 Å². The molecule has 0 bridgehead atoms. The van der Waals surface area contributed by atoms with Crippen LogP contribution in [0, 0.1) is 16.0 Å². The fraction of sp³-hybridized carbons (Fsp3) is 0.500. The van der Waals surface area contributed by atoms with E-state index in [4.69, 9.17) is 10.5 Å². The zero-order chi connectivity index (χ0) is 15.5. The highest BCUT2D eigenvalue weighted by atomic mass is 16.6. The number of hydrogen-bond donors (Lipinski definition) is 2. The van der Waals surface area contributed by atoms with E-state index in [1.165, 1.54) is 12.1 Å². The molecule has 0 aromatic heterocycles. The van der Waals surface area contributed by atoms with Crippen LogP contribution in [0.15, 0.2) is 24.3 Å². The van der Waals surface area contributed by atoms with Gasteiger partial charge in [0.05, 0.1) is 10.5 Å². The maximum absolute atomic E-state index is 11.9. The lowest BCUT2D eigenvalue weighted by molar-refractivity contribution is -0.385. The molecule has 0 heterocycles. The molecule has 1 amide bonds. The summed E-state index contributed by atoms with van der Waals surface area (Å²) >= 11 is 0. The van der Waals surface area contributed by atoms with Crippen molar-refractivity contribution in [1.82, 2.24) is 5.32 Å². The minimum atomic E-state index is -0.540. The third kappa shape index (κ3) is 3.69. The summed E-state index contributed by atoms with van der Waals surface area (Å²) in [5.41, 5.74) is 5.14. The van der Waals surface area contributed by atoms with Gasteiger partial charge in [-0.3, -0.25) is 14.9 Å². The van der Waals surface area contributed by atoms with Gasteiger partial charge in [0.2, 0.25) is 0 Å². The summed E-state index contributed by atoms with van der Waals surface area (Å²) in [5, 5.41) is 13.7. The molecule has 0 radical (unpaired) electrons. The predicted octanol–water partition coefficient (Wildman–Crippen LogP) is 1.22. The second kappa shape index (κ2) is 6.09. The molecule has 1 aromatic rings. The summed E-state index contributed by atoms with van der Waals surface area (Å²) in [5.74, 6) is 0.157. The molecule has 1 aliphatic carbocycles. The number of hydrogen-bond acceptors (Lipinski definition) is 5. The summed E-state index contributed by atoms with van der Waals surface area (Å²) in [7, 11) is 0. The molecule has 1 aliphatic rings. The summed E-state index contributed by atoms with van der Waals surface area (Å²) in [6.45, 7) is 2.00. The van der Waals surface area contributed by atoms with Gasteiger partial charge in [-0.2, -0.15) is 0 Å². The molecular weight excluding hydrogens is 274 g/mol. The fourth-order valence-corrected chi connectivity index (χ4v) is 2.27. The van der Waals surface area contributed by atoms with Crippen LogP contribution in [0.2, 0.25) is 0 Å². The molecule has 7 nitrogen and oxygen atoms in total. The number of nitro groups is 1. The Morgan fingerprint density at radius 3 is 2.76 bits per heavy atom. The van der Waals surface area contributed by atoms with Crippen molar-refractivity contribution >= 4 is 11.6 Å². The van der Waals surface area contributed by atoms with Crippen LogP contribution in [-0.2, 0) is 4.79 Å². The largest absolute Gasteiger partial charge is 0.477 e. The Balaban J connectivity index is 1.94. The third-order valence-corrected chi connectivity index (χ3v) is 3.75. The van der Waals surface area contributed by atoms with Crippen LogP contribution in [0.1, 0.15) is 19.8 Å². The third-order valence-electron chi connectivity index (χ3n) is 3.75. The summed E-state index contributed by atoms with van der Waals surface area (Å²) in [6.07, 6.45) is 2.11. The van der Waals surface area contributed by atoms with Crippen molar-refractivity contribution in [2.24, 2.45) is 11.7 Å². The molecule has 2 rings (SSSR count). The van der Waals surface area contributed by atoms with Crippen molar-refractivity contribution in [2.75, 3.05) is 13.2 Å². The van der Waals surface area contributed by atoms with Gasteiger partial charge in [0, 0.05) is 12.6 Å². The molecule has 0 aliphatic heterocycles. The Bertz CT molecular complexity index is 545. The van der Waals surface area contributed by atoms with E-state index in [-0.39, 0.29) is 24.0 Å². The molecule has 21 heavy (non-hydrogen) atoms. The number of rotatable bonds is 7. The number of nitrogens with zero attached hydrogens (tertiary/aromatic N) is 1. The molecule has 114 valence electrons. The molecule has 1 fully saturated rings. The van der Waals surface area contributed by atoms with E-state index < -0.39 is 10.5 Å². The molecule has 0 saturated heterocycles. The van der Waals surface area contributed by atoms with Gasteiger partial charge in [-0.15, -0.1) is 0 Å². The quantitative estimate of drug-likeness (QED) is 0.580. The van der Waals surface area contributed by atoms with Crippen LogP contribution < -0.4 is 15.8 Å². The number of amides is 1. The number of ether oxygens (including phenoxy) is 1. The van der Waals surface area contributed by atoms with Crippen molar-refractivity contribution in [3.05, 3.63) is 34.4 Å². The Labute approximate surface area is 122 Å². The molecule has 3 N–H and O–H groups in total. The first kappa shape index (κ1) is 15.2. The smallest absolute Gasteiger partial charge is 0.310 e. The van der Waals surface area contributed by atoms with E-state index in [2.05, 4.69) is 5.32 Å². The molecule has 7 heteroatoms. The van der Waals surface area contributed by atoms with Crippen LogP contribution in [0.3, 0.4) is 0 Å². The Morgan fingerprint density at radius 2 is 2.19 bits per heavy atom. The molecular formula is C14H19N3O4. The van der Waals surface area contributed by atoms with E-state index >= 15 is 0 Å². The second-order valence-corrected chi connectivity index (χ2v) is 5.46. The van der Waals surface area contributed by atoms with Crippen molar-refractivity contribution in [2.45, 2.75) is 25.3 Å². The minimum absolute atomic E-state index is 0.0820. The predicted molar refractivity (Wildman–Crippen MR) is 76.9 cm³/mol. The first-order valence-electron chi connectivity index (χ1n) is 6.83. The standard InChI is InChI=1S/C14H19N3O4/c1-14(9-15,10-6-7-10)16-13(18)8-21-12-5-3-2-4-11(12)17(19)20/h2-5,10H,6-9,15H2,1H3,(H,16,18). The summed E-state index contributed by atoms with van der Waals surface area (Å²) < 4.78 is 5.26. The van der Waals surface area contributed by atoms with Crippen molar-refractivity contribution in [1.29, 1.82) is 0 Å². The lowest BCUT2D eigenvalue weighted by Gasteiger charge is -2.29. The number of nitro benzene ring substituents is 1. The summed E-state index contributed by atoms with van der Waals surface area (Å²) in [4.78, 5) is 22.3. The zero-order valence-electron chi connectivity index (χ0n) is 11.9. The first-order valence-corrected chi connectivity index (χ1v) is 6.83. The molecule has 0 spiro atoms. The number of nitrogens with two attached hydrogens (primary N) is 1. The van der Waals surface area contributed by atoms with Gasteiger partial charge in [-0.05, 0) is 31.7 Å². The van der Waals surface area contributed by atoms with E-state index in [1.54, 1.807) is 12.1 Å². The van der Waals surface area contributed by atoms with Crippen LogP contribution in [0.5, 0.6) is 5.75 Å². The summed E-state index contributed by atoms with van der Waals surface area (Å²) in [6, 6.07) is 5.97. The van der Waals surface area contributed by atoms with E-state index in [9.17, 15) is 14.9 Å².